The van der Waals surface area contributed by atoms with E-state index in [1.807, 2.05) is 0 Å². The van der Waals surface area contributed by atoms with Gasteiger partial charge in [-0.1, -0.05) is 12.1 Å². The zero-order chi connectivity index (χ0) is 26.7. The molecule has 7 unspecified atom stereocenters. The van der Waals surface area contributed by atoms with Crippen molar-refractivity contribution < 1.29 is 54.0 Å². The molecule has 4 rings (SSSR count). The van der Waals surface area contributed by atoms with Gasteiger partial charge < -0.3 is 49.2 Å². The van der Waals surface area contributed by atoms with Crippen molar-refractivity contribution in [3.05, 3.63) is 47.5 Å². The molecule has 0 saturated carbocycles. The molecular weight excluding hydrogens is 488 g/mol. The molecule has 2 aliphatic heterocycles. The fraction of sp³-hybridized carbons (Fsp3) is 0.500. The van der Waals surface area contributed by atoms with E-state index in [1.165, 1.54) is 20.3 Å². The normalized spacial score (nSPS) is 29.6. The van der Waals surface area contributed by atoms with E-state index in [2.05, 4.69) is 0 Å². The van der Waals surface area contributed by atoms with Crippen molar-refractivity contribution in [2.75, 3.05) is 27.4 Å². The van der Waals surface area contributed by atoms with Crippen molar-refractivity contribution in [2.24, 2.45) is 11.8 Å². The average molecular weight is 521 g/mol. The summed E-state index contributed by atoms with van der Waals surface area (Å²) >= 11 is 0. The quantitative estimate of drug-likeness (QED) is 0.286. The largest absolute Gasteiger partial charge is 0.504 e. The van der Waals surface area contributed by atoms with E-state index in [9.17, 15) is 30.3 Å². The van der Waals surface area contributed by atoms with Gasteiger partial charge in [-0.3, -0.25) is 4.79 Å². The van der Waals surface area contributed by atoms with Crippen molar-refractivity contribution in [2.45, 2.75) is 43.5 Å². The SMILES string of the molecule is COc1cc(CC2C(=O)OCC2Cc2ccc(OC3OC(CO)C(O)C(O)C3O)c(OC)c2)ccc1O. The summed E-state index contributed by atoms with van der Waals surface area (Å²) in [6.45, 7) is -0.300. The number of methoxy groups -OCH3 is 2. The minimum atomic E-state index is -1.56. The van der Waals surface area contributed by atoms with E-state index < -0.39 is 37.3 Å². The summed E-state index contributed by atoms with van der Waals surface area (Å²) in [5.41, 5.74) is 1.69. The topological polar surface area (TPSA) is 164 Å². The van der Waals surface area contributed by atoms with Crippen LogP contribution in [0.5, 0.6) is 23.0 Å². The number of benzene rings is 2. The van der Waals surface area contributed by atoms with E-state index in [-0.39, 0.29) is 35.9 Å². The van der Waals surface area contributed by atoms with Gasteiger partial charge in [0.15, 0.2) is 23.0 Å². The fourth-order valence-corrected chi connectivity index (χ4v) is 4.69. The lowest BCUT2D eigenvalue weighted by atomic mass is 9.85. The van der Waals surface area contributed by atoms with E-state index in [4.69, 9.17) is 23.7 Å². The number of aromatic hydroxyl groups is 1. The number of aliphatic hydroxyl groups is 4. The first-order chi connectivity index (χ1) is 17.7. The Labute approximate surface area is 213 Å². The van der Waals surface area contributed by atoms with Crippen LogP contribution in [0.15, 0.2) is 36.4 Å². The third kappa shape index (κ3) is 5.76. The van der Waals surface area contributed by atoms with E-state index >= 15 is 0 Å². The molecule has 0 aliphatic carbocycles. The summed E-state index contributed by atoms with van der Waals surface area (Å²) in [6.07, 6.45) is -6.11. The molecule has 37 heavy (non-hydrogen) atoms. The number of cyclic esters (lactones) is 1. The molecule has 0 aromatic heterocycles. The first kappa shape index (κ1) is 27.0. The molecule has 0 bridgehead atoms. The van der Waals surface area contributed by atoms with E-state index in [0.717, 1.165) is 11.1 Å². The minimum Gasteiger partial charge on any atom is -0.504 e. The van der Waals surface area contributed by atoms with Crippen molar-refractivity contribution in [3.63, 3.8) is 0 Å². The van der Waals surface area contributed by atoms with Gasteiger partial charge in [-0.25, -0.2) is 0 Å². The van der Waals surface area contributed by atoms with Crippen LogP contribution in [0.3, 0.4) is 0 Å². The Hall–Kier alpha value is -3.09. The summed E-state index contributed by atoms with van der Waals surface area (Å²) in [4.78, 5) is 12.5. The van der Waals surface area contributed by atoms with Gasteiger partial charge in [0.2, 0.25) is 6.29 Å². The Morgan fingerprint density at radius 1 is 0.892 bits per heavy atom. The second kappa shape index (κ2) is 11.5. The average Bonchev–Trinajstić information content (AvgIpc) is 3.24. The van der Waals surface area contributed by atoms with Crippen molar-refractivity contribution in [3.8, 4) is 23.0 Å². The third-order valence-corrected chi connectivity index (χ3v) is 6.83. The molecule has 2 aromatic carbocycles. The van der Waals surface area contributed by atoms with Crippen LogP contribution >= 0.6 is 0 Å². The molecule has 0 radical (unpaired) electrons. The first-order valence-corrected chi connectivity index (χ1v) is 11.9. The van der Waals surface area contributed by atoms with Gasteiger partial charge in [0.25, 0.3) is 0 Å². The summed E-state index contributed by atoms with van der Waals surface area (Å²) in [6, 6.07) is 10.1. The second-order valence-electron chi connectivity index (χ2n) is 9.21. The van der Waals surface area contributed by atoms with Crippen molar-refractivity contribution in [1.29, 1.82) is 0 Å². The number of carbonyl (C=O) groups excluding carboxylic acids is 1. The van der Waals surface area contributed by atoms with Crippen LogP contribution in [-0.4, -0.2) is 89.6 Å². The number of hydrogen-bond donors (Lipinski definition) is 5. The number of ether oxygens (including phenoxy) is 5. The zero-order valence-corrected chi connectivity index (χ0v) is 20.5. The molecule has 202 valence electrons. The maximum atomic E-state index is 12.5. The zero-order valence-electron chi connectivity index (χ0n) is 20.5. The van der Waals surface area contributed by atoms with Gasteiger partial charge in [-0.15, -0.1) is 0 Å². The summed E-state index contributed by atoms with van der Waals surface area (Å²) < 4.78 is 27.1. The van der Waals surface area contributed by atoms with Crippen LogP contribution in [-0.2, 0) is 27.1 Å². The molecule has 7 atom stereocenters. The summed E-state index contributed by atoms with van der Waals surface area (Å²) in [5.74, 6) is 0.141. The van der Waals surface area contributed by atoms with Crippen molar-refractivity contribution >= 4 is 5.97 Å². The van der Waals surface area contributed by atoms with E-state index in [1.54, 1.807) is 30.3 Å². The molecule has 11 nitrogen and oxygen atoms in total. The molecule has 2 saturated heterocycles. The van der Waals surface area contributed by atoms with Gasteiger partial charge >= 0.3 is 5.97 Å². The standard InChI is InChI=1S/C26H32O11/c1-33-19-9-14(3-5-17(19)28)8-16-15(12-35-25(16)32)7-13-4-6-18(20(10-13)34-2)36-26-24(31)23(30)22(29)21(11-27)37-26/h3-6,9-10,15-16,21-24,26-31H,7-8,11-12H2,1-2H3. The fourth-order valence-electron chi connectivity index (χ4n) is 4.69. The predicted octanol–water partition coefficient (Wildman–Crippen LogP) is 0.163. The number of phenolic OH excluding ortho intramolecular Hbond substituents is 1. The Morgan fingerprint density at radius 3 is 2.27 bits per heavy atom. The van der Waals surface area contributed by atoms with Gasteiger partial charge in [-0.05, 0) is 48.2 Å². The van der Waals surface area contributed by atoms with Gasteiger partial charge in [0.05, 0.1) is 33.4 Å². The molecule has 2 aromatic rings. The van der Waals surface area contributed by atoms with Crippen LogP contribution in [0.2, 0.25) is 0 Å². The predicted molar refractivity (Wildman–Crippen MR) is 127 cm³/mol. The summed E-state index contributed by atoms with van der Waals surface area (Å²) in [5, 5.41) is 49.5. The Balaban J connectivity index is 1.47. The van der Waals surface area contributed by atoms with Gasteiger partial charge in [-0.2, -0.15) is 0 Å². The number of hydrogen-bond acceptors (Lipinski definition) is 11. The van der Waals surface area contributed by atoms with Crippen molar-refractivity contribution in [1.82, 2.24) is 0 Å². The smallest absolute Gasteiger partial charge is 0.309 e. The molecule has 2 heterocycles. The van der Waals surface area contributed by atoms with E-state index in [0.29, 0.717) is 24.3 Å². The highest BCUT2D eigenvalue weighted by Gasteiger charge is 2.45. The highest BCUT2D eigenvalue weighted by atomic mass is 16.7. The molecule has 2 fully saturated rings. The number of rotatable bonds is 9. The van der Waals surface area contributed by atoms with Gasteiger partial charge in [0.1, 0.15) is 24.4 Å². The molecule has 0 amide bonds. The van der Waals surface area contributed by atoms with Gasteiger partial charge in [0, 0.05) is 5.92 Å². The summed E-state index contributed by atoms with van der Waals surface area (Å²) in [7, 11) is 2.91. The third-order valence-electron chi connectivity index (χ3n) is 6.83. The number of carbonyl (C=O) groups is 1. The number of phenols is 1. The minimum absolute atomic E-state index is 0.0231. The Morgan fingerprint density at radius 2 is 1.57 bits per heavy atom. The molecule has 2 aliphatic rings. The monoisotopic (exact) mass is 520 g/mol. The van der Waals surface area contributed by atoms with Crippen LogP contribution < -0.4 is 14.2 Å². The highest BCUT2D eigenvalue weighted by molar-refractivity contribution is 5.75. The molecule has 11 heteroatoms. The second-order valence-corrected chi connectivity index (χ2v) is 9.21. The lowest BCUT2D eigenvalue weighted by molar-refractivity contribution is -0.277. The van der Waals surface area contributed by atoms with Crippen LogP contribution in [0, 0.1) is 11.8 Å². The maximum absolute atomic E-state index is 12.5. The molecular formula is C26H32O11. The number of aliphatic hydroxyl groups excluding tert-OH is 4. The maximum Gasteiger partial charge on any atom is 0.309 e. The molecule has 0 spiro atoms. The first-order valence-electron chi connectivity index (χ1n) is 11.9. The highest BCUT2D eigenvalue weighted by Crippen LogP contribution is 2.36. The number of esters is 1. The van der Waals surface area contributed by atoms with Crippen LogP contribution in [0.4, 0.5) is 0 Å². The lowest BCUT2D eigenvalue weighted by Gasteiger charge is -2.39. The Kier molecular flexibility index (Phi) is 8.40. The molecule has 5 N–H and O–H groups in total. The van der Waals surface area contributed by atoms with Crippen LogP contribution in [0.1, 0.15) is 11.1 Å². The lowest BCUT2D eigenvalue weighted by Crippen LogP contribution is -2.60. The van der Waals surface area contributed by atoms with Crippen LogP contribution in [0.25, 0.3) is 0 Å². The Bertz CT molecular complexity index is 1090.